The normalized spacial score (nSPS) is 29.7. The maximum Gasteiger partial charge on any atom is 0.234 e. The predicted molar refractivity (Wildman–Crippen MR) is 120 cm³/mol. The van der Waals surface area contributed by atoms with Gasteiger partial charge < -0.3 is 4.74 Å². The van der Waals surface area contributed by atoms with Crippen molar-refractivity contribution < 1.29 is 4.74 Å². The SMILES string of the molecule is Cc1cnn(C)c1-c1ccc(OC2CC3(CCC(CC4CCSCC4)CC3)N2)nn1. The van der Waals surface area contributed by atoms with Crippen LogP contribution in [0, 0.1) is 18.8 Å². The van der Waals surface area contributed by atoms with Crippen molar-refractivity contribution in [1.82, 2.24) is 25.3 Å². The molecule has 6 nitrogen and oxygen atoms in total. The fourth-order valence-corrected chi connectivity index (χ4v) is 6.79. The molecule has 2 aliphatic heterocycles. The molecule has 1 atom stereocenters. The molecule has 0 amide bonds. The van der Waals surface area contributed by atoms with Gasteiger partial charge in [0.05, 0.1) is 11.9 Å². The van der Waals surface area contributed by atoms with Gasteiger partial charge >= 0.3 is 0 Å². The van der Waals surface area contributed by atoms with E-state index in [0.717, 1.165) is 35.2 Å². The van der Waals surface area contributed by atoms with E-state index in [-0.39, 0.29) is 6.23 Å². The summed E-state index contributed by atoms with van der Waals surface area (Å²) in [4.78, 5) is 0. The van der Waals surface area contributed by atoms with Gasteiger partial charge in [-0.1, -0.05) is 0 Å². The highest BCUT2D eigenvalue weighted by molar-refractivity contribution is 7.99. The lowest BCUT2D eigenvalue weighted by molar-refractivity contribution is -0.0359. The predicted octanol–water partition coefficient (Wildman–Crippen LogP) is 4.35. The number of hydrogen-bond acceptors (Lipinski definition) is 6. The van der Waals surface area contributed by atoms with Gasteiger partial charge in [0.1, 0.15) is 5.69 Å². The minimum Gasteiger partial charge on any atom is -0.457 e. The summed E-state index contributed by atoms with van der Waals surface area (Å²) < 4.78 is 7.88. The van der Waals surface area contributed by atoms with E-state index in [1.165, 1.54) is 56.5 Å². The number of rotatable bonds is 5. The van der Waals surface area contributed by atoms with Crippen LogP contribution in [0.1, 0.15) is 56.9 Å². The van der Waals surface area contributed by atoms with Crippen LogP contribution in [0.15, 0.2) is 18.3 Å². The lowest BCUT2D eigenvalue weighted by Crippen LogP contribution is -2.66. The van der Waals surface area contributed by atoms with Crippen molar-refractivity contribution in [2.45, 2.75) is 70.1 Å². The first kappa shape index (κ1) is 20.3. The Kier molecular flexibility index (Phi) is 5.75. The molecule has 1 spiro atoms. The summed E-state index contributed by atoms with van der Waals surface area (Å²) in [7, 11) is 1.93. The third-order valence-corrected chi connectivity index (χ3v) is 8.43. The fourth-order valence-electron chi connectivity index (χ4n) is 5.58. The summed E-state index contributed by atoms with van der Waals surface area (Å²) in [6.07, 6.45) is 12.7. The molecule has 2 aromatic rings. The molecule has 7 heteroatoms. The number of thioether (sulfide) groups is 1. The summed E-state index contributed by atoms with van der Waals surface area (Å²) in [6.45, 7) is 2.04. The summed E-state index contributed by atoms with van der Waals surface area (Å²) in [6, 6.07) is 3.89. The monoisotopic (exact) mass is 427 g/mol. The van der Waals surface area contributed by atoms with Gasteiger partial charge in [-0.05, 0) is 86.8 Å². The molecule has 2 saturated heterocycles. The van der Waals surface area contributed by atoms with E-state index < -0.39 is 0 Å². The molecule has 1 saturated carbocycles. The Morgan fingerprint density at radius 3 is 2.50 bits per heavy atom. The van der Waals surface area contributed by atoms with Crippen molar-refractivity contribution in [1.29, 1.82) is 0 Å². The van der Waals surface area contributed by atoms with Gasteiger partial charge in [0.15, 0.2) is 6.23 Å². The first-order valence-electron chi connectivity index (χ1n) is 11.4. The Morgan fingerprint density at radius 1 is 1.13 bits per heavy atom. The Labute approximate surface area is 183 Å². The number of hydrogen-bond donors (Lipinski definition) is 1. The van der Waals surface area contributed by atoms with E-state index >= 15 is 0 Å². The highest BCUT2D eigenvalue weighted by Gasteiger charge is 2.47. The summed E-state index contributed by atoms with van der Waals surface area (Å²) in [5.74, 6) is 5.29. The lowest BCUT2D eigenvalue weighted by atomic mass is 9.68. The molecule has 3 fully saturated rings. The van der Waals surface area contributed by atoms with E-state index in [9.17, 15) is 0 Å². The minimum absolute atomic E-state index is 0.0653. The van der Waals surface area contributed by atoms with Gasteiger partial charge in [-0.2, -0.15) is 16.9 Å². The number of aromatic nitrogens is 4. The lowest BCUT2D eigenvalue weighted by Gasteiger charge is -2.52. The largest absolute Gasteiger partial charge is 0.457 e. The fraction of sp³-hybridized carbons (Fsp3) is 0.696. The molecular weight excluding hydrogens is 394 g/mol. The molecule has 1 aliphatic carbocycles. The highest BCUT2D eigenvalue weighted by Crippen LogP contribution is 2.43. The van der Waals surface area contributed by atoms with E-state index in [1.54, 1.807) is 0 Å². The number of nitrogens with zero attached hydrogens (tertiary/aromatic N) is 4. The average molecular weight is 428 g/mol. The van der Waals surface area contributed by atoms with Crippen molar-refractivity contribution in [3.05, 3.63) is 23.9 Å². The molecule has 1 N–H and O–H groups in total. The third-order valence-electron chi connectivity index (χ3n) is 7.38. The quantitative estimate of drug-likeness (QED) is 0.765. The van der Waals surface area contributed by atoms with Crippen molar-refractivity contribution in [2.24, 2.45) is 18.9 Å². The van der Waals surface area contributed by atoms with Gasteiger partial charge in [-0.3, -0.25) is 10.00 Å². The van der Waals surface area contributed by atoms with Crippen molar-refractivity contribution >= 4 is 11.8 Å². The molecule has 1 unspecified atom stereocenters. The molecule has 2 aromatic heterocycles. The van der Waals surface area contributed by atoms with Crippen LogP contribution in [-0.2, 0) is 7.05 Å². The minimum atomic E-state index is 0.0653. The maximum atomic E-state index is 6.05. The van der Waals surface area contributed by atoms with E-state index in [4.69, 9.17) is 4.74 Å². The zero-order chi connectivity index (χ0) is 20.6. The van der Waals surface area contributed by atoms with Gasteiger partial charge in [-0.25, -0.2) is 0 Å². The first-order valence-corrected chi connectivity index (χ1v) is 12.6. The van der Waals surface area contributed by atoms with Crippen molar-refractivity contribution in [2.75, 3.05) is 11.5 Å². The van der Waals surface area contributed by atoms with E-state index in [2.05, 4.69) is 32.4 Å². The molecular formula is C23H33N5OS. The van der Waals surface area contributed by atoms with E-state index in [0.29, 0.717) is 11.4 Å². The van der Waals surface area contributed by atoms with Crippen molar-refractivity contribution in [3.8, 4) is 17.3 Å². The Bertz CT molecular complexity index is 825. The molecule has 4 heterocycles. The van der Waals surface area contributed by atoms with Crippen LogP contribution in [0.25, 0.3) is 11.4 Å². The van der Waals surface area contributed by atoms with Crippen LogP contribution < -0.4 is 10.1 Å². The smallest absolute Gasteiger partial charge is 0.234 e. The Morgan fingerprint density at radius 2 is 1.87 bits per heavy atom. The summed E-state index contributed by atoms with van der Waals surface area (Å²) in [5.41, 5.74) is 3.23. The van der Waals surface area contributed by atoms with Crippen LogP contribution >= 0.6 is 11.8 Å². The first-order chi connectivity index (χ1) is 14.6. The second kappa shape index (κ2) is 8.50. The third kappa shape index (κ3) is 4.24. The molecule has 0 radical (unpaired) electrons. The molecule has 162 valence electrons. The Balaban J connectivity index is 1.09. The molecule has 3 aliphatic rings. The second-order valence-electron chi connectivity index (χ2n) is 9.53. The van der Waals surface area contributed by atoms with Gasteiger partial charge in [-0.15, -0.1) is 10.2 Å². The van der Waals surface area contributed by atoms with Crippen LogP contribution in [-0.4, -0.2) is 43.3 Å². The van der Waals surface area contributed by atoms with Crippen LogP contribution in [0.3, 0.4) is 0 Å². The van der Waals surface area contributed by atoms with Gasteiger partial charge in [0, 0.05) is 25.1 Å². The number of ether oxygens (including phenoxy) is 1. The van der Waals surface area contributed by atoms with Gasteiger partial charge in [0.25, 0.3) is 0 Å². The maximum absolute atomic E-state index is 6.05. The van der Waals surface area contributed by atoms with Gasteiger partial charge in [0.2, 0.25) is 5.88 Å². The molecule has 30 heavy (non-hydrogen) atoms. The van der Waals surface area contributed by atoms with E-state index in [1.807, 2.05) is 37.0 Å². The summed E-state index contributed by atoms with van der Waals surface area (Å²) >= 11 is 2.14. The number of aryl methyl sites for hydroxylation is 2. The van der Waals surface area contributed by atoms with Crippen molar-refractivity contribution in [3.63, 3.8) is 0 Å². The zero-order valence-electron chi connectivity index (χ0n) is 18.1. The zero-order valence-corrected chi connectivity index (χ0v) is 19.0. The number of nitrogens with one attached hydrogen (secondary N) is 1. The average Bonchev–Trinajstić information content (AvgIpc) is 3.08. The topological polar surface area (TPSA) is 64.9 Å². The molecule has 0 bridgehead atoms. The van der Waals surface area contributed by atoms with Crippen LogP contribution in [0.5, 0.6) is 5.88 Å². The second-order valence-corrected chi connectivity index (χ2v) is 10.8. The molecule has 5 rings (SSSR count). The van der Waals surface area contributed by atoms with Crippen LogP contribution in [0.4, 0.5) is 0 Å². The molecule has 0 aromatic carbocycles. The standard InChI is InChI=1S/C23H33N5OS/c1-16-15-24-28(2)22(16)19-3-4-20(27-26-19)29-21-14-23(25-21)9-5-17(6-10-23)13-18-7-11-30-12-8-18/h3-4,15,17-18,21,25H,5-14H2,1-2H3. The van der Waals surface area contributed by atoms with Crippen LogP contribution in [0.2, 0.25) is 0 Å². The summed E-state index contributed by atoms with van der Waals surface area (Å²) in [5, 5.41) is 16.7. The highest BCUT2D eigenvalue weighted by atomic mass is 32.2. The Hall–Kier alpha value is -1.60.